The van der Waals surface area contributed by atoms with Crippen LogP contribution < -0.4 is 0 Å². The molecule has 7 nitrogen and oxygen atoms in total. The van der Waals surface area contributed by atoms with Crippen molar-refractivity contribution in [1.82, 2.24) is 0 Å². The molecule has 0 aromatic heterocycles. The van der Waals surface area contributed by atoms with Crippen LogP contribution in [0.2, 0.25) is 0 Å². The first kappa shape index (κ1) is 24.6. The van der Waals surface area contributed by atoms with E-state index in [-0.39, 0.29) is 24.4 Å². The molecule has 0 amide bonds. The Morgan fingerprint density at radius 3 is 2.62 bits per heavy atom. The highest BCUT2D eigenvalue weighted by molar-refractivity contribution is 6.06. The number of Topliss-reactive ketones (excluding diaryl/α,β-unsaturated/α-hetero) is 2. The summed E-state index contributed by atoms with van der Waals surface area (Å²) in [7, 11) is 0. The Morgan fingerprint density at radius 2 is 1.92 bits per heavy atom. The van der Waals surface area contributed by atoms with Gasteiger partial charge in [-0.05, 0) is 59.9 Å². The third-order valence-corrected chi connectivity index (χ3v) is 10.1. The first-order valence-electron chi connectivity index (χ1n) is 12.9. The number of benzene rings is 1. The van der Waals surface area contributed by atoms with Gasteiger partial charge in [-0.25, -0.2) is 9.18 Å². The van der Waals surface area contributed by atoms with E-state index in [1.807, 2.05) is 13.8 Å². The monoisotopic (exact) mass is 510 g/mol. The minimum Gasteiger partial charge on any atom is -0.457 e. The number of fused-ring (bicyclic) bond motifs is 2. The molecule has 37 heavy (non-hydrogen) atoms. The number of ether oxygens (including phenoxy) is 2. The van der Waals surface area contributed by atoms with Gasteiger partial charge >= 0.3 is 5.97 Å². The van der Waals surface area contributed by atoms with Crippen LogP contribution in [0.5, 0.6) is 0 Å². The fraction of sp³-hybridized carbons (Fsp3) is 0.552. The topological polar surface area (TPSA) is 110 Å². The zero-order valence-electron chi connectivity index (χ0n) is 20.9. The first-order chi connectivity index (χ1) is 17.4. The molecule has 4 saturated carbocycles. The van der Waals surface area contributed by atoms with Gasteiger partial charge in [-0.1, -0.05) is 32.6 Å². The Kier molecular flexibility index (Phi) is 5.12. The molecular weight excluding hydrogens is 479 g/mol. The summed E-state index contributed by atoms with van der Waals surface area (Å²) in [6.45, 7) is 7.85. The van der Waals surface area contributed by atoms with E-state index in [0.29, 0.717) is 24.8 Å². The van der Waals surface area contributed by atoms with E-state index in [2.05, 4.69) is 6.58 Å². The summed E-state index contributed by atoms with van der Waals surface area (Å²) in [5.41, 5.74) is -2.69. The molecule has 4 bridgehead atoms. The van der Waals surface area contributed by atoms with Crippen molar-refractivity contribution in [3.63, 3.8) is 0 Å². The van der Waals surface area contributed by atoms with Crippen LogP contribution in [0.15, 0.2) is 42.5 Å². The molecule has 6 aliphatic rings. The maximum Gasteiger partial charge on any atom is 0.331 e. The lowest BCUT2D eigenvalue weighted by Crippen LogP contribution is -2.85. The molecule has 8 heteroatoms. The fourth-order valence-electron chi connectivity index (χ4n) is 8.67. The second-order valence-corrected chi connectivity index (χ2v) is 12.1. The van der Waals surface area contributed by atoms with Crippen molar-refractivity contribution in [3.05, 3.63) is 53.9 Å². The molecule has 6 fully saturated rings. The fourth-order valence-corrected chi connectivity index (χ4v) is 8.67. The van der Waals surface area contributed by atoms with Gasteiger partial charge in [0.15, 0.2) is 5.78 Å². The predicted octanol–water partition coefficient (Wildman–Crippen LogP) is 2.99. The molecule has 196 valence electrons. The number of halogens is 1. The number of carbonyl (C=O) groups excluding carboxylic acids is 3. The van der Waals surface area contributed by atoms with Crippen molar-refractivity contribution in [2.45, 2.75) is 57.5 Å². The molecule has 2 heterocycles. The van der Waals surface area contributed by atoms with Crippen molar-refractivity contribution in [1.29, 1.82) is 0 Å². The second kappa shape index (κ2) is 7.68. The highest BCUT2D eigenvalue weighted by Crippen LogP contribution is 2.76. The van der Waals surface area contributed by atoms with Gasteiger partial charge < -0.3 is 19.7 Å². The number of ketones is 2. The molecule has 8 atom stereocenters. The quantitative estimate of drug-likeness (QED) is 0.475. The average Bonchev–Trinajstić information content (AvgIpc) is 2.97. The summed E-state index contributed by atoms with van der Waals surface area (Å²) in [6, 6.07) is 5.55. The largest absolute Gasteiger partial charge is 0.457 e. The molecule has 7 rings (SSSR count). The Morgan fingerprint density at radius 1 is 1.22 bits per heavy atom. The van der Waals surface area contributed by atoms with Crippen molar-refractivity contribution in [3.8, 4) is 0 Å². The third kappa shape index (κ3) is 2.84. The van der Waals surface area contributed by atoms with Crippen LogP contribution in [0.3, 0.4) is 0 Å². The summed E-state index contributed by atoms with van der Waals surface area (Å²) in [5, 5.41) is 23.8. The highest BCUT2D eigenvalue weighted by Gasteiger charge is 2.88. The number of hydrogen-bond acceptors (Lipinski definition) is 7. The van der Waals surface area contributed by atoms with E-state index in [0.717, 1.165) is 0 Å². The smallest absolute Gasteiger partial charge is 0.331 e. The van der Waals surface area contributed by atoms with E-state index < -0.39 is 69.6 Å². The molecule has 2 N–H and O–H groups in total. The van der Waals surface area contributed by atoms with Gasteiger partial charge in [-0.15, -0.1) is 0 Å². The number of hydrogen-bond donors (Lipinski definition) is 2. The maximum atomic E-state index is 14.0. The van der Waals surface area contributed by atoms with E-state index >= 15 is 0 Å². The second-order valence-electron chi connectivity index (χ2n) is 12.1. The van der Waals surface area contributed by atoms with Crippen molar-refractivity contribution < 1.29 is 38.5 Å². The SMILES string of the molecule is C=C1C(=O)[C@@]23C(CC[C@@H]1[C@H]2OC(=O)/C=C/c1ccc(F)cc1)[C@@]12CO[C@@]3(O)[C@@H](O)[C@@H]1C(C)(C)CCC2=O. The molecule has 1 aromatic carbocycles. The third-order valence-electron chi connectivity index (χ3n) is 10.1. The van der Waals surface area contributed by atoms with Crippen LogP contribution in [-0.4, -0.2) is 52.4 Å². The Hall–Kier alpha value is -2.68. The molecule has 1 unspecified atom stereocenters. The van der Waals surface area contributed by atoms with E-state index in [4.69, 9.17) is 9.47 Å². The van der Waals surface area contributed by atoms with Crippen LogP contribution in [0.25, 0.3) is 6.08 Å². The molecule has 2 aliphatic heterocycles. The van der Waals surface area contributed by atoms with Crippen LogP contribution >= 0.6 is 0 Å². The van der Waals surface area contributed by atoms with Crippen LogP contribution in [0.1, 0.15) is 45.1 Å². The normalized spacial score (nSPS) is 43.6. The van der Waals surface area contributed by atoms with E-state index in [1.165, 1.54) is 36.4 Å². The Balaban J connectivity index is 1.44. The van der Waals surface area contributed by atoms with Gasteiger partial charge in [-0.2, -0.15) is 0 Å². The summed E-state index contributed by atoms with van der Waals surface area (Å²) in [6.07, 6.45) is 1.73. The van der Waals surface area contributed by atoms with Crippen LogP contribution in [-0.2, 0) is 23.9 Å². The highest BCUT2D eigenvalue weighted by atomic mass is 19.1. The van der Waals surface area contributed by atoms with Crippen molar-refractivity contribution in [2.24, 2.45) is 34.0 Å². The lowest BCUT2D eigenvalue weighted by Gasteiger charge is -2.72. The summed E-state index contributed by atoms with van der Waals surface area (Å²) < 4.78 is 25.1. The van der Waals surface area contributed by atoms with E-state index in [9.17, 15) is 29.0 Å². The minimum absolute atomic E-state index is 0.0768. The van der Waals surface area contributed by atoms with Gasteiger partial charge in [0.25, 0.3) is 0 Å². The van der Waals surface area contributed by atoms with Gasteiger partial charge in [0.1, 0.15) is 29.2 Å². The van der Waals surface area contributed by atoms with Gasteiger partial charge in [0.2, 0.25) is 5.79 Å². The molecule has 0 radical (unpaired) electrons. The zero-order chi connectivity index (χ0) is 26.5. The van der Waals surface area contributed by atoms with Crippen molar-refractivity contribution >= 4 is 23.6 Å². The molecule has 2 spiro atoms. The summed E-state index contributed by atoms with van der Waals surface area (Å²) in [4.78, 5) is 40.8. The Labute approximate surface area is 214 Å². The number of esters is 1. The molecule has 2 saturated heterocycles. The summed E-state index contributed by atoms with van der Waals surface area (Å²) >= 11 is 0. The number of aliphatic hydroxyl groups excluding tert-OH is 1. The zero-order valence-corrected chi connectivity index (χ0v) is 20.9. The van der Waals surface area contributed by atoms with Crippen LogP contribution in [0, 0.1) is 39.8 Å². The standard InChI is InChI=1S/C29H31FO7/c1-15-18-9-10-19-27-14-36-29(35,24(34)22(27)26(2,3)13-12-20(27)31)28(19,23(15)33)25(18)37-21(32)11-6-16-4-7-17(30)8-5-16/h4-8,11,18-19,22,24-25,34-35H,1,9-10,12-14H2,2-3H3/b11-6+/t18-,19?,22+,24-,25+,27+,28-,29-/m0/s1. The van der Waals surface area contributed by atoms with E-state index in [1.54, 1.807) is 0 Å². The maximum absolute atomic E-state index is 14.0. The summed E-state index contributed by atoms with van der Waals surface area (Å²) in [5.74, 6) is -5.91. The van der Waals surface area contributed by atoms with Crippen molar-refractivity contribution in [2.75, 3.05) is 6.61 Å². The van der Waals surface area contributed by atoms with Gasteiger partial charge in [-0.3, -0.25) is 9.59 Å². The Bertz CT molecular complexity index is 1250. The first-order valence-corrected chi connectivity index (χ1v) is 12.9. The number of rotatable bonds is 3. The number of carbonyl (C=O) groups is 3. The lowest BCUT2D eigenvalue weighted by molar-refractivity contribution is -0.437. The number of aliphatic hydroxyl groups is 2. The van der Waals surface area contributed by atoms with Gasteiger partial charge in [0.05, 0.1) is 12.0 Å². The average molecular weight is 511 g/mol. The lowest BCUT2D eigenvalue weighted by atomic mass is 9.36. The molecule has 4 aliphatic carbocycles. The molecular formula is C29H31FO7. The van der Waals surface area contributed by atoms with Gasteiger partial charge in [0, 0.05) is 24.3 Å². The van der Waals surface area contributed by atoms with Crippen LogP contribution in [0.4, 0.5) is 4.39 Å². The predicted molar refractivity (Wildman–Crippen MR) is 129 cm³/mol. The minimum atomic E-state index is -2.33. The molecule has 1 aromatic rings.